The van der Waals surface area contributed by atoms with Crippen molar-refractivity contribution < 1.29 is 19.1 Å². The van der Waals surface area contributed by atoms with Crippen LogP contribution in [0.15, 0.2) is 42.6 Å². The third kappa shape index (κ3) is 6.36. The Morgan fingerprint density at radius 3 is 2.41 bits per heavy atom. The van der Waals surface area contributed by atoms with Gasteiger partial charge in [-0.25, -0.2) is 4.79 Å². The average Bonchev–Trinajstić information content (AvgIpc) is 3.31. The molecule has 1 atom stereocenters. The molecular weight excluding hydrogens is 434 g/mol. The molecule has 4 rings (SSSR count). The summed E-state index contributed by atoms with van der Waals surface area (Å²) in [5.41, 5.74) is 0.255. The van der Waals surface area contributed by atoms with Gasteiger partial charge in [-0.3, -0.25) is 4.79 Å². The van der Waals surface area contributed by atoms with E-state index in [0.29, 0.717) is 19.6 Å². The van der Waals surface area contributed by atoms with Gasteiger partial charge in [-0.2, -0.15) is 5.10 Å². The number of rotatable bonds is 5. The van der Waals surface area contributed by atoms with Crippen molar-refractivity contribution in [1.29, 1.82) is 0 Å². The fourth-order valence-electron chi connectivity index (χ4n) is 4.18. The van der Waals surface area contributed by atoms with Crippen molar-refractivity contribution in [1.82, 2.24) is 15.1 Å². The van der Waals surface area contributed by atoms with Gasteiger partial charge in [0.15, 0.2) is 5.82 Å². The van der Waals surface area contributed by atoms with E-state index in [-0.39, 0.29) is 24.0 Å². The number of carbonyl (C=O) groups excluding carboxylic acids is 2. The molecule has 0 spiro atoms. The fourth-order valence-corrected chi connectivity index (χ4v) is 4.18. The number of carbonyl (C=O) groups is 2. The molecule has 2 saturated heterocycles. The lowest BCUT2D eigenvalue weighted by molar-refractivity contribution is -0.119. The van der Waals surface area contributed by atoms with E-state index in [9.17, 15) is 9.59 Å². The monoisotopic (exact) mass is 467 g/mol. The Hall–Kier alpha value is -3.36. The van der Waals surface area contributed by atoms with E-state index in [1.54, 1.807) is 11.1 Å². The van der Waals surface area contributed by atoms with Crippen molar-refractivity contribution in [2.45, 2.75) is 51.7 Å². The normalized spacial score (nSPS) is 19.1. The lowest BCUT2D eigenvalue weighted by Crippen LogP contribution is -2.44. The molecule has 1 N–H and O–H groups in total. The molecule has 3 heterocycles. The number of amides is 2. The van der Waals surface area contributed by atoms with Gasteiger partial charge < -0.3 is 24.6 Å². The van der Waals surface area contributed by atoms with Crippen LogP contribution in [0.3, 0.4) is 0 Å². The molecule has 2 aromatic rings. The van der Waals surface area contributed by atoms with Crippen LogP contribution in [0.5, 0.6) is 5.75 Å². The Balaban J connectivity index is 1.22. The van der Waals surface area contributed by atoms with Crippen LogP contribution in [0.1, 0.15) is 40.0 Å². The van der Waals surface area contributed by atoms with E-state index in [1.165, 1.54) is 0 Å². The molecule has 34 heavy (non-hydrogen) atoms. The van der Waals surface area contributed by atoms with E-state index in [1.807, 2.05) is 57.2 Å². The van der Waals surface area contributed by atoms with E-state index in [0.717, 1.165) is 43.1 Å². The summed E-state index contributed by atoms with van der Waals surface area (Å²) in [6.07, 6.45) is 3.71. The highest BCUT2D eigenvalue weighted by atomic mass is 16.6. The van der Waals surface area contributed by atoms with Gasteiger partial charge in [0.2, 0.25) is 5.91 Å². The first-order valence-corrected chi connectivity index (χ1v) is 11.8. The number of nitrogens with one attached hydrogen (secondary N) is 1. The summed E-state index contributed by atoms with van der Waals surface area (Å²) in [6, 6.07) is 11.2. The summed E-state index contributed by atoms with van der Waals surface area (Å²) < 4.78 is 11.5. The third-order valence-electron chi connectivity index (χ3n) is 5.96. The Morgan fingerprint density at radius 2 is 1.76 bits per heavy atom. The molecule has 1 unspecified atom stereocenters. The first kappa shape index (κ1) is 23.8. The average molecular weight is 468 g/mol. The zero-order valence-electron chi connectivity index (χ0n) is 20.1. The Morgan fingerprint density at radius 1 is 1.03 bits per heavy atom. The van der Waals surface area contributed by atoms with Crippen LogP contribution in [0.2, 0.25) is 0 Å². The second kappa shape index (κ2) is 10.3. The van der Waals surface area contributed by atoms with Gasteiger partial charge in [0.1, 0.15) is 17.5 Å². The predicted octanol–water partition coefficient (Wildman–Crippen LogP) is 3.72. The molecule has 0 aliphatic carbocycles. The number of likely N-dealkylation sites (tertiary alicyclic amines) is 1. The summed E-state index contributed by atoms with van der Waals surface area (Å²) >= 11 is 0. The Labute approximate surface area is 200 Å². The number of nitrogens with zero attached hydrogens (tertiary/aromatic N) is 4. The molecule has 0 saturated carbocycles. The van der Waals surface area contributed by atoms with Crippen LogP contribution >= 0.6 is 0 Å². The number of benzene rings is 1. The summed E-state index contributed by atoms with van der Waals surface area (Å²) in [4.78, 5) is 28.7. The van der Waals surface area contributed by atoms with Gasteiger partial charge in [-0.05, 0) is 63.6 Å². The quantitative estimate of drug-likeness (QED) is 0.716. The summed E-state index contributed by atoms with van der Waals surface area (Å²) in [6.45, 7) is 8.25. The first-order chi connectivity index (χ1) is 16.3. The standard InChI is InChI=1S/C25H33N5O4/c1-25(2,3)34-24(32)29-15-11-21(12-16-29)33-20-8-6-19(7-9-20)27-23(31)18-10-14-30(17-18)22-5-4-13-26-28-22/h4-9,13,18,21H,10-12,14-17H2,1-3H3,(H,27,31). The van der Waals surface area contributed by atoms with Crippen molar-refractivity contribution in [3.8, 4) is 5.75 Å². The minimum absolute atomic E-state index is 0.00886. The first-order valence-electron chi connectivity index (χ1n) is 11.8. The van der Waals surface area contributed by atoms with E-state index in [4.69, 9.17) is 9.47 Å². The van der Waals surface area contributed by atoms with Crippen LogP contribution in [0.25, 0.3) is 0 Å². The smallest absolute Gasteiger partial charge is 0.410 e. The number of aromatic nitrogens is 2. The highest BCUT2D eigenvalue weighted by Crippen LogP contribution is 2.25. The van der Waals surface area contributed by atoms with Gasteiger partial charge in [-0.1, -0.05) is 0 Å². The summed E-state index contributed by atoms with van der Waals surface area (Å²) in [7, 11) is 0. The minimum Gasteiger partial charge on any atom is -0.490 e. The molecule has 2 aliphatic heterocycles. The molecule has 182 valence electrons. The Bertz CT molecular complexity index is 969. The molecule has 2 amide bonds. The topological polar surface area (TPSA) is 96.9 Å². The van der Waals surface area contributed by atoms with Gasteiger partial charge in [0.25, 0.3) is 0 Å². The predicted molar refractivity (Wildman–Crippen MR) is 129 cm³/mol. The van der Waals surface area contributed by atoms with Crippen LogP contribution < -0.4 is 15.0 Å². The molecule has 9 nitrogen and oxygen atoms in total. The molecular formula is C25H33N5O4. The highest BCUT2D eigenvalue weighted by molar-refractivity contribution is 5.93. The van der Waals surface area contributed by atoms with E-state index < -0.39 is 5.60 Å². The molecule has 0 radical (unpaired) electrons. The number of anilines is 2. The third-order valence-corrected chi connectivity index (χ3v) is 5.96. The SMILES string of the molecule is CC(C)(C)OC(=O)N1CCC(Oc2ccc(NC(=O)C3CCN(c4cccnn4)C3)cc2)CC1. The molecule has 1 aromatic heterocycles. The van der Waals surface area contributed by atoms with Crippen LogP contribution in [-0.4, -0.2) is 65.0 Å². The maximum Gasteiger partial charge on any atom is 0.410 e. The lowest BCUT2D eigenvalue weighted by atomic mass is 10.1. The van der Waals surface area contributed by atoms with Gasteiger partial charge in [0.05, 0.1) is 5.92 Å². The lowest BCUT2D eigenvalue weighted by Gasteiger charge is -2.33. The molecule has 1 aromatic carbocycles. The molecule has 2 fully saturated rings. The van der Waals surface area contributed by atoms with Crippen molar-refractivity contribution in [2.75, 3.05) is 36.4 Å². The number of hydrogen-bond donors (Lipinski definition) is 1. The maximum absolute atomic E-state index is 12.7. The zero-order valence-corrected chi connectivity index (χ0v) is 20.1. The largest absolute Gasteiger partial charge is 0.490 e. The van der Waals surface area contributed by atoms with Crippen molar-refractivity contribution in [3.63, 3.8) is 0 Å². The zero-order chi connectivity index (χ0) is 24.1. The summed E-state index contributed by atoms with van der Waals surface area (Å²) in [5.74, 6) is 1.47. The number of piperidine rings is 1. The van der Waals surface area contributed by atoms with Crippen molar-refractivity contribution >= 4 is 23.5 Å². The number of ether oxygens (including phenoxy) is 2. The van der Waals surface area contributed by atoms with Gasteiger partial charge in [-0.15, -0.1) is 5.10 Å². The second-order valence-electron chi connectivity index (χ2n) is 9.81. The van der Waals surface area contributed by atoms with Gasteiger partial charge in [0, 0.05) is 50.9 Å². The second-order valence-corrected chi connectivity index (χ2v) is 9.81. The molecule has 2 aliphatic rings. The van der Waals surface area contributed by atoms with Crippen LogP contribution in [0.4, 0.5) is 16.3 Å². The van der Waals surface area contributed by atoms with E-state index in [2.05, 4.69) is 20.4 Å². The van der Waals surface area contributed by atoms with Gasteiger partial charge >= 0.3 is 6.09 Å². The highest BCUT2D eigenvalue weighted by Gasteiger charge is 2.30. The van der Waals surface area contributed by atoms with Crippen molar-refractivity contribution in [2.24, 2.45) is 5.92 Å². The minimum atomic E-state index is -0.491. The van der Waals surface area contributed by atoms with Crippen molar-refractivity contribution in [3.05, 3.63) is 42.6 Å². The van der Waals surface area contributed by atoms with E-state index >= 15 is 0 Å². The molecule has 0 bridgehead atoms. The maximum atomic E-state index is 12.7. The van der Waals surface area contributed by atoms with Crippen LogP contribution in [-0.2, 0) is 9.53 Å². The summed E-state index contributed by atoms with van der Waals surface area (Å²) in [5, 5.41) is 11.0. The number of hydrogen-bond acceptors (Lipinski definition) is 7. The fraction of sp³-hybridized carbons (Fsp3) is 0.520. The Kier molecular flexibility index (Phi) is 7.19. The van der Waals surface area contributed by atoms with Crippen LogP contribution in [0, 0.1) is 5.92 Å². The molecule has 9 heteroatoms.